The lowest BCUT2D eigenvalue weighted by Crippen LogP contribution is -2.39. The number of nitrogens with one attached hydrogen (secondary N) is 1. The Kier molecular flexibility index (Phi) is 20.5. The van der Waals surface area contributed by atoms with Gasteiger partial charge in [-0.3, -0.25) is 13.9 Å². The van der Waals surface area contributed by atoms with Gasteiger partial charge in [0.1, 0.15) is 30.8 Å². The number of carbonyl (C=O) groups is 1. The highest BCUT2D eigenvalue weighted by Gasteiger charge is 2.46. The van der Waals surface area contributed by atoms with Crippen LogP contribution >= 0.6 is 0 Å². The molecule has 4 aromatic carbocycles. The Balaban J connectivity index is 0.000000327. The molecule has 12 heteroatoms. The summed E-state index contributed by atoms with van der Waals surface area (Å²) in [4.78, 5) is 13.0. The molecule has 68 heavy (non-hydrogen) atoms. The van der Waals surface area contributed by atoms with E-state index in [4.69, 9.17) is 14.2 Å². The lowest BCUT2D eigenvalue weighted by Gasteiger charge is -2.34. The number of carbonyl (C=O) groups excluding carboxylic acids is 1. The number of amides is 1. The van der Waals surface area contributed by atoms with Gasteiger partial charge in [0.2, 0.25) is 5.91 Å². The maximum atomic E-state index is 10.6. The predicted octanol–water partition coefficient (Wildman–Crippen LogP) is 10.2. The van der Waals surface area contributed by atoms with Crippen molar-refractivity contribution in [3.05, 3.63) is 132 Å². The van der Waals surface area contributed by atoms with Gasteiger partial charge >= 0.3 is 0 Å². The molecule has 1 aliphatic heterocycles. The summed E-state index contributed by atoms with van der Waals surface area (Å²) in [7, 11) is -3.28. The van der Waals surface area contributed by atoms with Gasteiger partial charge in [-0.05, 0) is 145 Å². The van der Waals surface area contributed by atoms with Gasteiger partial charge in [0, 0.05) is 24.2 Å². The smallest absolute Gasteiger partial charge is 0.264 e. The minimum absolute atomic E-state index is 0.123. The third kappa shape index (κ3) is 17.8. The normalized spacial score (nSPS) is 16.4. The lowest BCUT2D eigenvalue weighted by atomic mass is 9.68. The molecule has 374 valence electrons. The molecule has 1 heterocycles. The van der Waals surface area contributed by atoms with E-state index >= 15 is 0 Å². The van der Waals surface area contributed by atoms with Crippen LogP contribution in [0.5, 0.6) is 11.5 Å². The van der Waals surface area contributed by atoms with Gasteiger partial charge in [-0.25, -0.2) is 0 Å². The molecule has 1 saturated carbocycles. The molecule has 4 aromatic rings. The summed E-state index contributed by atoms with van der Waals surface area (Å²) < 4.78 is 43.3. The highest BCUT2D eigenvalue weighted by molar-refractivity contribution is 7.86. The van der Waals surface area contributed by atoms with Gasteiger partial charge in [-0.15, -0.1) is 0 Å². The number of ether oxygens (including phenoxy) is 3. The second kappa shape index (κ2) is 24.8. The molecular formula is C56H80N2O9S. The Bertz CT molecular complexity index is 2240. The van der Waals surface area contributed by atoms with E-state index in [1.807, 2.05) is 52.0 Å². The zero-order valence-corrected chi connectivity index (χ0v) is 43.5. The molecule has 3 aliphatic rings. The van der Waals surface area contributed by atoms with Crippen LogP contribution in [0.3, 0.4) is 0 Å². The van der Waals surface area contributed by atoms with Crippen LogP contribution in [0.1, 0.15) is 130 Å². The predicted molar refractivity (Wildman–Crippen MR) is 275 cm³/mol. The van der Waals surface area contributed by atoms with E-state index in [2.05, 4.69) is 115 Å². The average molecular weight is 957 g/mol. The summed E-state index contributed by atoms with van der Waals surface area (Å²) in [6.07, 6.45) is 7.95. The highest BCUT2D eigenvalue weighted by Crippen LogP contribution is 2.56. The Morgan fingerprint density at radius 3 is 1.53 bits per heavy atom. The molecule has 2 unspecified atom stereocenters. The van der Waals surface area contributed by atoms with Crippen molar-refractivity contribution in [3.63, 3.8) is 0 Å². The van der Waals surface area contributed by atoms with E-state index in [-0.39, 0.29) is 30.8 Å². The first-order valence-electron chi connectivity index (χ1n) is 24.1. The van der Waals surface area contributed by atoms with Crippen molar-refractivity contribution in [2.45, 2.75) is 148 Å². The Morgan fingerprint density at radius 1 is 0.735 bits per heavy atom. The Morgan fingerprint density at radius 2 is 1.19 bits per heavy atom. The minimum Gasteiger partial charge on any atom is -0.491 e. The van der Waals surface area contributed by atoms with Gasteiger partial charge in [0.25, 0.3) is 10.1 Å². The number of aliphatic hydroxyl groups excluding tert-OH is 2. The molecule has 7 rings (SSSR count). The quantitative estimate of drug-likeness (QED) is 0.0559. The fourth-order valence-electron chi connectivity index (χ4n) is 8.25. The first kappa shape index (κ1) is 56.0. The van der Waals surface area contributed by atoms with Crippen LogP contribution in [0.2, 0.25) is 0 Å². The Labute approximate surface area is 408 Å². The summed E-state index contributed by atoms with van der Waals surface area (Å²) >= 11 is 0. The van der Waals surface area contributed by atoms with Gasteiger partial charge in [-0.1, -0.05) is 106 Å². The Hall–Kier alpha value is -4.56. The summed E-state index contributed by atoms with van der Waals surface area (Å²) in [6.45, 7) is 26.3. The van der Waals surface area contributed by atoms with Crippen molar-refractivity contribution < 1.29 is 41.8 Å². The van der Waals surface area contributed by atoms with Crippen LogP contribution in [0.25, 0.3) is 11.1 Å². The fourth-order valence-corrected chi connectivity index (χ4v) is 9.16. The van der Waals surface area contributed by atoms with Crippen molar-refractivity contribution in [1.29, 1.82) is 0 Å². The van der Waals surface area contributed by atoms with Gasteiger partial charge in [-0.2, -0.15) is 8.42 Å². The van der Waals surface area contributed by atoms with Crippen LogP contribution in [0.4, 0.5) is 0 Å². The molecule has 2 aliphatic carbocycles. The third-order valence-corrected chi connectivity index (χ3v) is 12.2. The van der Waals surface area contributed by atoms with Crippen molar-refractivity contribution in [2.24, 2.45) is 0 Å². The number of hydrogen-bond donors (Lipinski definition) is 3. The monoisotopic (exact) mass is 957 g/mol. The molecule has 3 N–H and O–H groups in total. The minimum atomic E-state index is -3.28. The van der Waals surface area contributed by atoms with E-state index in [9.17, 15) is 23.4 Å². The number of benzene rings is 4. The van der Waals surface area contributed by atoms with Gasteiger partial charge in [0.05, 0.1) is 36.1 Å². The second-order valence-corrected chi connectivity index (χ2v) is 22.4. The average Bonchev–Trinajstić information content (AvgIpc) is 4.11. The molecule has 2 fully saturated rings. The van der Waals surface area contributed by atoms with Crippen molar-refractivity contribution >= 4 is 16.0 Å². The third-order valence-electron chi connectivity index (χ3n) is 11.4. The molecule has 2 atom stereocenters. The highest BCUT2D eigenvalue weighted by atomic mass is 32.2. The van der Waals surface area contributed by atoms with Crippen LogP contribution in [-0.4, -0.2) is 104 Å². The molecule has 0 bridgehead atoms. The summed E-state index contributed by atoms with van der Waals surface area (Å²) in [5, 5.41) is 23.2. The number of hydrogen-bond acceptors (Lipinski definition) is 10. The molecule has 11 nitrogen and oxygen atoms in total. The largest absolute Gasteiger partial charge is 0.491 e. The lowest BCUT2D eigenvalue weighted by molar-refractivity contribution is -0.117. The topological polar surface area (TPSA) is 144 Å². The molecule has 1 amide bonds. The van der Waals surface area contributed by atoms with Crippen LogP contribution < -0.4 is 14.8 Å². The standard InChI is InChI=1S/C38H42O5.C7H13NO.C6H13N.C5H12O3S/c1-2-29(39)24-41-32-20-16-27(17-21-32)38(36-14-8-6-12-34(36)35-13-7-9-15-37(35)38)28-18-22-33(23-19-28)43-26-30(40)25-42-31-10-4-3-5-11-31;1-5-6(9)8-7(2,3)4;1-6(2,3)7-4-5-7;1-5(2,3)8-9(4,6)7/h6-9,12-23,29-31,39-40H,2-5,10-11,24-26H2,1H3;5H,1H2,2-4H3,(H,8,9);4-5H2,1-3H3;1-4H3. The maximum absolute atomic E-state index is 10.6. The molecule has 0 radical (unpaired) electrons. The summed E-state index contributed by atoms with van der Waals surface area (Å²) in [6, 6.07) is 33.8. The number of aliphatic hydroxyl groups is 2. The van der Waals surface area contributed by atoms with Gasteiger partial charge in [0.15, 0.2) is 0 Å². The molecular weight excluding hydrogens is 877 g/mol. The van der Waals surface area contributed by atoms with Crippen LogP contribution in [-0.2, 0) is 29.2 Å². The van der Waals surface area contributed by atoms with Crippen LogP contribution in [0.15, 0.2) is 110 Å². The van der Waals surface area contributed by atoms with E-state index in [0.717, 1.165) is 36.0 Å². The number of rotatable bonds is 14. The summed E-state index contributed by atoms with van der Waals surface area (Å²) in [5.41, 5.74) is 6.35. The summed E-state index contributed by atoms with van der Waals surface area (Å²) in [5.74, 6) is 1.33. The van der Waals surface area contributed by atoms with Crippen LogP contribution in [0, 0.1) is 0 Å². The maximum Gasteiger partial charge on any atom is 0.264 e. The zero-order valence-electron chi connectivity index (χ0n) is 42.6. The van der Waals surface area contributed by atoms with E-state index in [0.29, 0.717) is 24.3 Å². The first-order valence-corrected chi connectivity index (χ1v) is 25.9. The second-order valence-electron chi connectivity index (χ2n) is 20.8. The molecule has 0 spiro atoms. The first-order chi connectivity index (χ1) is 31.9. The molecule has 0 aromatic heterocycles. The SMILES string of the molecule is C=CC(=O)NC(C)(C)C.CC(C)(C)N1CC1.CC(C)(C)OS(C)(=O)=O.CCC(O)COc1ccc(C2(c3ccc(OCC(O)COC4CCCCC4)cc3)c3ccccc3-c3ccccc32)cc1. The van der Waals surface area contributed by atoms with E-state index in [1.54, 1.807) is 20.8 Å². The van der Waals surface area contributed by atoms with E-state index < -0.39 is 33.3 Å². The fraction of sp³-hybridized carbons (Fsp3) is 0.518. The van der Waals surface area contributed by atoms with Crippen molar-refractivity contribution in [2.75, 3.05) is 39.2 Å². The number of nitrogens with zero attached hydrogens (tertiary/aromatic N) is 1. The van der Waals surface area contributed by atoms with Crippen molar-refractivity contribution in [3.8, 4) is 22.6 Å². The van der Waals surface area contributed by atoms with Gasteiger partial charge < -0.3 is 29.7 Å². The van der Waals surface area contributed by atoms with E-state index in [1.165, 1.54) is 60.7 Å². The zero-order chi connectivity index (χ0) is 50.3. The molecule has 1 saturated heterocycles. The number of fused-ring (bicyclic) bond motifs is 3. The van der Waals surface area contributed by atoms with Crippen molar-refractivity contribution in [1.82, 2.24) is 10.2 Å².